The Kier molecular flexibility index (Phi) is 3.28. The van der Waals surface area contributed by atoms with Gasteiger partial charge in [-0.05, 0) is 12.1 Å². The third-order valence-electron chi connectivity index (χ3n) is 2.29. The first-order valence-corrected chi connectivity index (χ1v) is 7.26. The van der Waals surface area contributed by atoms with Gasteiger partial charge in [0.15, 0.2) is 9.84 Å². The first-order valence-electron chi connectivity index (χ1n) is 5.20. The van der Waals surface area contributed by atoms with E-state index < -0.39 is 9.84 Å². The minimum Gasteiger partial charge on any atom is -0.491 e. The Morgan fingerprint density at radius 3 is 2.82 bits per heavy atom. The van der Waals surface area contributed by atoms with Gasteiger partial charge in [0.05, 0.1) is 17.5 Å². The number of hydrogen-bond acceptors (Lipinski definition) is 4. The summed E-state index contributed by atoms with van der Waals surface area (Å²) in [7, 11) is -2.98. The van der Waals surface area contributed by atoms with Gasteiger partial charge in [-0.25, -0.2) is 8.42 Å². The first kappa shape index (κ1) is 11.9. The molecule has 0 fully saturated rings. The van der Waals surface area contributed by atoms with Crippen LogP contribution in [0.1, 0.15) is 0 Å². The SMILES string of the molecule is CS(=O)(=O)CCOc1cnc2ccccc2c1. The van der Waals surface area contributed by atoms with Crippen molar-refractivity contribution < 1.29 is 13.2 Å². The van der Waals surface area contributed by atoms with Crippen LogP contribution < -0.4 is 4.74 Å². The monoisotopic (exact) mass is 251 g/mol. The summed E-state index contributed by atoms with van der Waals surface area (Å²) in [5, 5.41) is 0.976. The topological polar surface area (TPSA) is 56.3 Å². The van der Waals surface area contributed by atoms with E-state index in [9.17, 15) is 8.42 Å². The maximum atomic E-state index is 10.9. The molecule has 1 aromatic carbocycles. The van der Waals surface area contributed by atoms with Crippen molar-refractivity contribution >= 4 is 20.7 Å². The summed E-state index contributed by atoms with van der Waals surface area (Å²) in [6.45, 7) is 0.152. The standard InChI is InChI=1S/C12H13NO3S/c1-17(14,15)7-6-16-11-8-10-4-2-3-5-12(10)13-9-11/h2-5,8-9H,6-7H2,1H3. The number of rotatable bonds is 4. The van der Waals surface area contributed by atoms with Crippen molar-refractivity contribution in [3.63, 3.8) is 0 Å². The Bertz CT molecular complexity index is 622. The Hall–Kier alpha value is -1.62. The molecule has 0 saturated carbocycles. The summed E-state index contributed by atoms with van der Waals surface area (Å²) >= 11 is 0. The van der Waals surface area contributed by atoms with Crippen molar-refractivity contribution in [3.05, 3.63) is 36.5 Å². The fourth-order valence-corrected chi connectivity index (χ4v) is 1.83. The maximum absolute atomic E-state index is 10.9. The smallest absolute Gasteiger partial charge is 0.150 e. The minimum atomic E-state index is -2.98. The van der Waals surface area contributed by atoms with E-state index in [2.05, 4.69) is 4.98 Å². The summed E-state index contributed by atoms with van der Waals surface area (Å²) in [5.41, 5.74) is 0.892. The molecule has 17 heavy (non-hydrogen) atoms. The van der Waals surface area contributed by atoms with Crippen LogP contribution in [0.25, 0.3) is 10.9 Å². The fourth-order valence-electron chi connectivity index (χ4n) is 1.44. The summed E-state index contributed by atoms with van der Waals surface area (Å²) in [4.78, 5) is 4.22. The lowest BCUT2D eigenvalue weighted by atomic mass is 10.2. The quantitative estimate of drug-likeness (QED) is 0.829. The van der Waals surface area contributed by atoms with Crippen LogP contribution in [-0.4, -0.2) is 32.0 Å². The average molecular weight is 251 g/mol. The molecule has 4 nitrogen and oxygen atoms in total. The number of sulfone groups is 1. The molecule has 0 aliphatic heterocycles. The highest BCUT2D eigenvalue weighted by Gasteiger charge is 2.03. The molecule has 0 saturated heterocycles. The fraction of sp³-hybridized carbons (Fsp3) is 0.250. The van der Waals surface area contributed by atoms with Crippen molar-refractivity contribution in [2.45, 2.75) is 0 Å². The molecule has 5 heteroatoms. The molecule has 0 bridgehead atoms. The van der Waals surface area contributed by atoms with Gasteiger partial charge in [0.1, 0.15) is 12.4 Å². The highest BCUT2D eigenvalue weighted by atomic mass is 32.2. The summed E-state index contributed by atoms with van der Waals surface area (Å²) in [5.74, 6) is 0.604. The van der Waals surface area contributed by atoms with Crippen LogP contribution in [0.2, 0.25) is 0 Å². The van der Waals surface area contributed by atoms with E-state index in [1.165, 1.54) is 6.26 Å². The lowest BCUT2D eigenvalue weighted by Gasteiger charge is -2.05. The molecule has 0 amide bonds. The van der Waals surface area contributed by atoms with Gasteiger partial charge < -0.3 is 4.74 Å². The van der Waals surface area contributed by atoms with Crippen molar-refractivity contribution in [1.29, 1.82) is 0 Å². The molecular formula is C12H13NO3S. The zero-order valence-corrected chi connectivity index (χ0v) is 10.3. The Morgan fingerprint density at radius 1 is 1.29 bits per heavy atom. The van der Waals surface area contributed by atoms with E-state index in [1.54, 1.807) is 6.20 Å². The lowest BCUT2D eigenvalue weighted by Crippen LogP contribution is -2.12. The zero-order valence-electron chi connectivity index (χ0n) is 9.46. The van der Waals surface area contributed by atoms with Gasteiger partial charge in [-0.1, -0.05) is 18.2 Å². The maximum Gasteiger partial charge on any atom is 0.150 e. The zero-order chi connectivity index (χ0) is 12.3. The normalized spacial score (nSPS) is 11.6. The van der Waals surface area contributed by atoms with Crippen molar-refractivity contribution in [1.82, 2.24) is 4.98 Å². The van der Waals surface area contributed by atoms with Gasteiger partial charge >= 0.3 is 0 Å². The predicted octanol–water partition coefficient (Wildman–Crippen LogP) is 1.66. The number of hydrogen-bond donors (Lipinski definition) is 0. The number of pyridine rings is 1. The number of aromatic nitrogens is 1. The molecule has 0 aliphatic rings. The third kappa shape index (κ3) is 3.42. The molecule has 1 heterocycles. The molecule has 90 valence electrons. The number of nitrogens with zero attached hydrogens (tertiary/aromatic N) is 1. The third-order valence-corrected chi connectivity index (χ3v) is 3.20. The predicted molar refractivity (Wildman–Crippen MR) is 66.9 cm³/mol. The van der Waals surface area contributed by atoms with Gasteiger partial charge in [0.2, 0.25) is 0 Å². The number of ether oxygens (including phenoxy) is 1. The second kappa shape index (κ2) is 4.71. The highest BCUT2D eigenvalue weighted by molar-refractivity contribution is 7.90. The molecule has 0 spiro atoms. The van der Waals surface area contributed by atoms with E-state index in [0.29, 0.717) is 5.75 Å². The second-order valence-corrected chi connectivity index (χ2v) is 6.10. The van der Waals surface area contributed by atoms with E-state index in [0.717, 1.165) is 10.9 Å². The Labute approximate surface area is 100 Å². The number of fused-ring (bicyclic) bond motifs is 1. The molecule has 2 rings (SSSR count). The average Bonchev–Trinajstić information content (AvgIpc) is 2.27. The van der Waals surface area contributed by atoms with Crippen molar-refractivity contribution in [2.75, 3.05) is 18.6 Å². The van der Waals surface area contributed by atoms with Crippen LogP contribution in [0.15, 0.2) is 36.5 Å². The lowest BCUT2D eigenvalue weighted by molar-refractivity contribution is 0.340. The molecule has 0 atom stereocenters. The summed E-state index contributed by atoms with van der Waals surface area (Å²) in [6, 6.07) is 9.54. The van der Waals surface area contributed by atoms with E-state index in [4.69, 9.17) is 4.74 Å². The largest absolute Gasteiger partial charge is 0.491 e. The molecule has 1 aromatic heterocycles. The molecular weight excluding hydrogens is 238 g/mol. The van der Waals surface area contributed by atoms with Gasteiger partial charge in [0, 0.05) is 11.6 Å². The van der Waals surface area contributed by atoms with Gasteiger partial charge in [0.25, 0.3) is 0 Å². The van der Waals surface area contributed by atoms with Crippen LogP contribution in [0.5, 0.6) is 5.75 Å². The molecule has 0 unspecified atom stereocenters. The number of benzene rings is 1. The first-order chi connectivity index (χ1) is 8.04. The molecule has 0 N–H and O–H groups in total. The van der Waals surface area contributed by atoms with Gasteiger partial charge in [-0.2, -0.15) is 0 Å². The van der Waals surface area contributed by atoms with Gasteiger partial charge in [-0.15, -0.1) is 0 Å². The molecule has 2 aromatic rings. The van der Waals surface area contributed by atoms with Crippen molar-refractivity contribution in [3.8, 4) is 5.75 Å². The number of para-hydroxylation sites is 1. The van der Waals surface area contributed by atoms with E-state index in [1.807, 2.05) is 30.3 Å². The molecule has 0 aliphatic carbocycles. The Balaban J connectivity index is 2.09. The summed E-state index contributed by atoms with van der Waals surface area (Å²) in [6.07, 6.45) is 2.79. The van der Waals surface area contributed by atoms with Crippen LogP contribution in [0, 0.1) is 0 Å². The Morgan fingerprint density at radius 2 is 2.06 bits per heavy atom. The van der Waals surface area contributed by atoms with Crippen LogP contribution >= 0.6 is 0 Å². The van der Waals surface area contributed by atoms with E-state index >= 15 is 0 Å². The van der Waals surface area contributed by atoms with Crippen LogP contribution in [-0.2, 0) is 9.84 Å². The van der Waals surface area contributed by atoms with Crippen LogP contribution in [0.4, 0.5) is 0 Å². The van der Waals surface area contributed by atoms with Gasteiger partial charge in [-0.3, -0.25) is 4.98 Å². The molecule has 0 radical (unpaired) electrons. The second-order valence-electron chi connectivity index (χ2n) is 3.84. The van der Waals surface area contributed by atoms with Crippen molar-refractivity contribution in [2.24, 2.45) is 0 Å². The summed E-state index contributed by atoms with van der Waals surface area (Å²) < 4.78 is 27.2. The minimum absolute atomic E-state index is 0.0137. The van der Waals surface area contributed by atoms with E-state index in [-0.39, 0.29) is 12.4 Å². The van der Waals surface area contributed by atoms with Crippen LogP contribution in [0.3, 0.4) is 0 Å². The highest BCUT2D eigenvalue weighted by Crippen LogP contribution is 2.17.